The van der Waals surface area contributed by atoms with E-state index in [0.717, 1.165) is 25.2 Å². The number of nitrogens with zero attached hydrogens (tertiary/aromatic N) is 2. The van der Waals surface area contributed by atoms with Crippen molar-refractivity contribution < 1.29 is 0 Å². The molecule has 0 saturated heterocycles. The number of aryl methyl sites for hydroxylation is 1. The van der Waals surface area contributed by atoms with E-state index in [1.54, 1.807) is 0 Å². The number of hydrogen-bond acceptors (Lipinski definition) is 2. The van der Waals surface area contributed by atoms with Crippen molar-refractivity contribution in [1.82, 2.24) is 15.1 Å². The van der Waals surface area contributed by atoms with Crippen LogP contribution in [0.15, 0.2) is 12.7 Å². The molecule has 0 amide bonds. The molecule has 1 rings (SSSR count). The lowest BCUT2D eigenvalue weighted by atomic mass is 10.1. The van der Waals surface area contributed by atoms with Gasteiger partial charge in [0.25, 0.3) is 0 Å². The summed E-state index contributed by atoms with van der Waals surface area (Å²) in [5.74, 6) is 0. The number of nitrogens with one attached hydrogen (secondary N) is 1. The number of hydrogen-bond donors (Lipinski definition) is 1. The van der Waals surface area contributed by atoms with Crippen LogP contribution in [0.25, 0.3) is 0 Å². The molecule has 1 aromatic heterocycles. The topological polar surface area (TPSA) is 29.9 Å². The van der Waals surface area contributed by atoms with Crippen molar-refractivity contribution in [3.63, 3.8) is 0 Å². The molecule has 0 aliphatic heterocycles. The summed E-state index contributed by atoms with van der Waals surface area (Å²) in [6.07, 6.45) is 2.92. The number of aromatic nitrogens is 2. The molecule has 1 N–H and O–H groups in total. The highest BCUT2D eigenvalue weighted by molar-refractivity contribution is 5.25. The highest BCUT2D eigenvalue weighted by atomic mass is 15.3. The van der Waals surface area contributed by atoms with Crippen LogP contribution in [0.3, 0.4) is 0 Å². The van der Waals surface area contributed by atoms with Crippen LogP contribution in [0.2, 0.25) is 0 Å². The van der Waals surface area contributed by atoms with Crippen molar-refractivity contribution in [3.05, 3.63) is 29.6 Å². The van der Waals surface area contributed by atoms with E-state index in [1.807, 2.05) is 10.8 Å². The Hall–Kier alpha value is -1.09. The Morgan fingerprint density at radius 2 is 2.00 bits per heavy atom. The van der Waals surface area contributed by atoms with Gasteiger partial charge in [-0.2, -0.15) is 5.10 Å². The smallest absolute Gasteiger partial charge is 0.0629 e. The fourth-order valence-corrected chi connectivity index (χ4v) is 1.96. The largest absolute Gasteiger partial charge is 0.312 e. The number of allylic oxidation sites excluding steroid dienone is 1. The van der Waals surface area contributed by atoms with Gasteiger partial charge in [0.2, 0.25) is 0 Å². The maximum Gasteiger partial charge on any atom is 0.0629 e. The second-order valence-electron chi connectivity index (χ2n) is 5.55. The summed E-state index contributed by atoms with van der Waals surface area (Å²) < 4.78 is 2.02. The lowest BCUT2D eigenvalue weighted by molar-refractivity contribution is 0.429. The Morgan fingerprint density at radius 3 is 2.53 bits per heavy atom. The molecule has 0 aliphatic rings. The van der Waals surface area contributed by atoms with Crippen molar-refractivity contribution in [1.29, 1.82) is 0 Å². The zero-order valence-corrected chi connectivity index (χ0v) is 11.8. The molecule has 96 valence electrons. The minimum Gasteiger partial charge on any atom is -0.312 e. The van der Waals surface area contributed by atoms with E-state index in [9.17, 15) is 0 Å². The monoisotopic (exact) mass is 235 g/mol. The van der Waals surface area contributed by atoms with Gasteiger partial charge in [0.1, 0.15) is 0 Å². The van der Waals surface area contributed by atoms with Crippen LogP contribution in [0.5, 0.6) is 0 Å². The second kappa shape index (κ2) is 5.50. The van der Waals surface area contributed by atoms with Crippen LogP contribution in [-0.4, -0.2) is 21.9 Å². The molecule has 17 heavy (non-hydrogen) atoms. The van der Waals surface area contributed by atoms with E-state index in [4.69, 9.17) is 0 Å². The van der Waals surface area contributed by atoms with E-state index in [0.29, 0.717) is 0 Å². The van der Waals surface area contributed by atoms with Gasteiger partial charge in [-0.25, -0.2) is 0 Å². The Bertz CT molecular complexity index is 383. The predicted molar refractivity (Wildman–Crippen MR) is 73.4 cm³/mol. The van der Waals surface area contributed by atoms with Crippen LogP contribution >= 0.6 is 0 Å². The van der Waals surface area contributed by atoms with Gasteiger partial charge in [0, 0.05) is 11.2 Å². The van der Waals surface area contributed by atoms with E-state index in [2.05, 4.69) is 51.6 Å². The first-order valence-corrected chi connectivity index (χ1v) is 6.24. The van der Waals surface area contributed by atoms with Crippen molar-refractivity contribution in [2.75, 3.05) is 6.54 Å². The summed E-state index contributed by atoms with van der Waals surface area (Å²) in [4.78, 5) is 0. The average Bonchev–Trinajstić information content (AvgIpc) is 2.44. The van der Waals surface area contributed by atoms with Gasteiger partial charge in [-0.1, -0.05) is 6.08 Å². The summed E-state index contributed by atoms with van der Waals surface area (Å²) >= 11 is 0. The second-order valence-corrected chi connectivity index (χ2v) is 5.55. The Kier molecular flexibility index (Phi) is 4.52. The van der Waals surface area contributed by atoms with Crippen molar-refractivity contribution >= 4 is 0 Å². The van der Waals surface area contributed by atoms with Crippen LogP contribution < -0.4 is 5.32 Å². The molecular weight excluding hydrogens is 210 g/mol. The van der Waals surface area contributed by atoms with Crippen LogP contribution in [-0.2, 0) is 13.0 Å². The van der Waals surface area contributed by atoms with Crippen LogP contribution in [0, 0.1) is 13.8 Å². The van der Waals surface area contributed by atoms with E-state index in [1.165, 1.54) is 11.3 Å². The van der Waals surface area contributed by atoms with Crippen molar-refractivity contribution in [3.8, 4) is 0 Å². The molecule has 1 aromatic rings. The van der Waals surface area contributed by atoms with E-state index in [-0.39, 0.29) is 5.54 Å². The molecule has 0 atom stereocenters. The molecular formula is C14H25N3. The van der Waals surface area contributed by atoms with Crippen molar-refractivity contribution in [2.45, 2.75) is 53.1 Å². The molecule has 0 radical (unpaired) electrons. The first-order chi connectivity index (χ1) is 7.85. The van der Waals surface area contributed by atoms with Crippen LogP contribution in [0.4, 0.5) is 0 Å². The van der Waals surface area contributed by atoms with Gasteiger partial charge in [-0.3, -0.25) is 4.68 Å². The first-order valence-electron chi connectivity index (χ1n) is 6.24. The number of rotatable bonds is 5. The third-order valence-corrected chi connectivity index (χ3v) is 2.86. The average molecular weight is 235 g/mol. The first kappa shape index (κ1) is 14.0. The predicted octanol–water partition coefficient (Wildman–Crippen LogP) is 2.62. The summed E-state index contributed by atoms with van der Waals surface area (Å²) in [6.45, 7) is 16.3. The molecule has 0 aromatic carbocycles. The normalized spacial score (nSPS) is 11.8. The molecule has 0 unspecified atom stereocenters. The lowest BCUT2D eigenvalue weighted by Crippen LogP contribution is -2.37. The molecule has 3 heteroatoms. The van der Waals surface area contributed by atoms with Gasteiger partial charge in [0.15, 0.2) is 0 Å². The van der Waals surface area contributed by atoms with E-state index < -0.39 is 0 Å². The highest BCUT2D eigenvalue weighted by Crippen LogP contribution is 2.13. The van der Waals surface area contributed by atoms with Gasteiger partial charge in [0.05, 0.1) is 12.2 Å². The SMILES string of the molecule is C=CCn1nc(C)c(CCNC(C)(C)C)c1C. The third kappa shape index (κ3) is 4.00. The van der Waals surface area contributed by atoms with E-state index >= 15 is 0 Å². The summed E-state index contributed by atoms with van der Waals surface area (Å²) in [5, 5.41) is 8.04. The maximum absolute atomic E-state index is 4.53. The standard InChI is InChI=1S/C14H25N3/c1-7-10-17-12(3)13(11(2)16-17)8-9-15-14(4,5)6/h7,15H,1,8-10H2,2-6H3. The minimum absolute atomic E-state index is 0.179. The fourth-order valence-electron chi connectivity index (χ4n) is 1.96. The molecule has 0 fully saturated rings. The molecule has 0 aliphatic carbocycles. The molecule has 0 saturated carbocycles. The van der Waals surface area contributed by atoms with Crippen LogP contribution in [0.1, 0.15) is 37.7 Å². The Morgan fingerprint density at radius 1 is 1.35 bits per heavy atom. The summed E-state index contributed by atoms with van der Waals surface area (Å²) in [6, 6.07) is 0. The summed E-state index contributed by atoms with van der Waals surface area (Å²) in [5.41, 5.74) is 3.95. The molecule has 0 spiro atoms. The van der Waals surface area contributed by atoms with Gasteiger partial charge >= 0.3 is 0 Å². The minimum atomic E-state index is 0.179. The highest BCUT2D eigenvalue weighted by Gasteiger charge is 2.12. The molecule has 0 bridgehead atoms. The quantitative estimate of drug-likeness (QED) is 0.795. The zero-order valence-electron chi connectivity index (χ0n) is 11.8. The van der Waals surface area contributed by atoms with Gasteiger partial charge in [-0.05, 0) is 53.1 Å². The molecule has 3 nitrogen and oxygen atoms in total. The fraction of sp³-hybridized carbons (Fsp3) is 0.643. The lowest BCUT2D eigenvalue weighted by Gasteiger charge is -2.20. The van der Waals surface area contributed by atoms with Gasteiger partial charge < -0.3 is 5.32 Å². The summed E-state index contributed by atoms with van der Waals surface area (Å²) in [7, 11) is 0. The molecule has 1 heterocycles. The third-order valence-electron chi connectivity index (χ3n) is 2.86. The zero-order chi connectivity index (χ0) is 13.1. The van der Waals surface area contributed by atoms with Gasteiger partial charge in [-0.15, -0.1) is 6.58 Å². The Labute approximate surface area is 105 Å². The maximum atomic E-state index is 4.53. The Balaban J connectivity index is 2.68. The van der Waals surface area contributed by atoms with Crippen molar-refractivity contribution in [2.24, 2.45) is 0 Å².